The maximum Gasteiger partial charge on any atom is 0.257 e. The molecule has 2 aromatic carbocycles. The highest BCUT2D eigenvalue weighted by molar-refractivity contribution is 6.01. The third-order valence-electron chi connectivity index (χ3n) is 3.93. The number of benzene rings is 2. The smallest absolute Gasteiger partial charge is 0.257 e. The standard InChI is InChI=1S/C19H20N2O2/c1-3-13-23-17-12-8-6-10-15(17)18-20-16-11-7-5-9-14(16)19(22)21(18)4-2/h3,5-12,18,20H,1,4,13H2,2H3. The Labute approximate surface area is 136 Å². The first-order valence-electron chi connectivity index (χ1n) is 7.75. The maximum atomic E-state index is 12.8. The zero-order valence-corrected chi connectivity index (χ0v) is 13.2. The second kappa shape index (κ2) is 6.57. The van der Waals surface area contributed by atoms with Crippen LogP contribution >= 0.6 is 0 Å². The fraction of sp³-hybridized carbons (Fsp3) is 0.211. The first-order chi connectivity index (χ1) is 11.3. The molecule has 1 amide bonds. The topological polar surface area (TPSA) is 41.6 Å². The summed E-state index contributed by atoms with van der Waals surface area (Å²) >= 11 is 0. The third-order valence-corrected chi connectivity index (χ3v) is 3.93. The van der Waals surface area contributed by atoms with E-state index in [2.05, 4.69) is 11.9 Å². The third kappa shape index (κ3) is 2.80. The van der Waals surface area contributed by atoms with Crippen molar-refractivity contribution in [1.82, 2.24) is 4.90 Å². The largest absolute Gasteiger partial charge is 0.489 e. The van der Waals surface area contributed by atoms with Crippen molar-refractivity contribution >= 4 is 11.6 Å². The van der Waals surface area contributed by atoms with Crippen LogP contribution in [0.5, 0.6) is 5.75 Å². The Morgan fingerprint density at radius 3 is 2.74 bits per heavy atom. The molecule has 0 spiro atoms. The van der Waals surface area contributed by atoms with Gasteiger partial charge in [0.1, 0.15) is 18.5 Å². The number of carbonyl (C=O) groups is 1. The van der Waals surface area contributed by atoms with Gasteiger partial charge in [-0.3, -0.25) is 4.79 Å². The first kappa shape index (κ1) is 15.2. The van der Waals surface area contributed by atoms with Crippen molar-refractivity contribution in [1.29, 1.82) is 0 Å². The van der Waals surface area contributed by atoms with E-state index in [1.54, 1.807) is 6.08 Å². The molecule has 1 aliphatic rings. The summed E-state index contributed by atoms with van der Waals surface area (Å²) in [7, 11) is 0. The zero-order valence-electron chi connectivity index (χ0n) is 13.2. The Kier molecular flexibility index (Phi) is 4.33. The number of nitrogens with one attached hydrogen (secondary N) is 1. The molecule has 2 aromatic rings. The number of nitrogens with zero attached hydrogens (tertiary/aromatic N) is 1. The average molecular weight is 308 g/mol. The van der Waals surface area contributed by atoms with Crippen molar-refractivity contribution in [2.45, 2.75) is 13.1 Å². The highest BCUT2D eigenvalue weighted by Gasteiger charge is 2.33. The molecule has 23 heavy (non-hydrogen) atoms. The van der Waals surface area contributed by atoms with Crippen LogP contribution in [0.25, 0.3) is 0 Å². The molecule has 4 heteroatoms. The lowest BCUT2D eigenvalue weighted by Gasteiger charge is -2.38. The molecule has 1 atom stereocenters. The predicted octanol–water partition coefficient (Wildman–Crippen LogP) is 3.84. The molecule has 0 bridgehead atoms. The fourth-order valence-corrected chi connectivity index (χ4v) is 2.85. The van der Waals surface area contributed by atoms with E-state index in [9.17, 15) is 4.79 Å². The molecule has 118 valence electrons. The molecule has 1 aliphatic heterocycles. The summed E-state index contributed by atoms with van der Waals surface area (Å²) < 4.78 is 5.76. The van der Waals surface area contributed by atoms with Gasteiger partial charge in [-0.25, -0.2) is 0 Å². The summed E-state index contributed by atoms with van der Waals surface area (Å²) in [4.78, 5) is 14.6. The summed E-state index contributed by atoms with van der Waals surface area (Å²) in [5, 5.41) is 3.46. The molecule has 0 aliphatic carbocycles. The van der Waals surface area contributed by atoms with Crippen molar-refractivity contribution in [3.63, 3.8) is 0 Å². The minimum Gasteiger partial charge on any atom is -0.489 e. The molecule has 1 heterocycles. The Morgan fingerprint density at radius 1 is 1.22 bits per heavy atom. The Balaban J connectivity index is 2.02. The maximum absolute atomic E-state index is 12.8. The van der Waals surface area contributed by atoms with Crippen molar-refractivity contribution in [3.8, 4) is 5.75 Å². The van der Waals surface area contributed by atoms with Crippen LogP contribution in [0.3, 0.4) is 0 Å². The van der Waals surface area contributed by atoms with Gasteiger partial charge >= 0.3 is 0 Å². The van der Waals surface area contributed by atoms with Gasteiger partial charge in [0, 0.05) is 17.8 Å². The number of ether oxygens (including phenoxy) is 1. The van der Waals surface area contributed by atoms with Gasteiger partial charge in [0.05, 0.1) is 5.56 Å². The average Bonchev–Trinajstić information content (AvgIpc) is 2.60. The van der Waals surface area contributed by atoms with Gasteiger partial charge in [-0.1, -0.05) is 43.0 Å². The number of hydrogen-bond acceptors (Lipinski definition) is 3. The van der Waals surface area contributed by atoms with Gasteiger partial charge in [-0.2, -0.15) is 0 Å². The number of para-hydroxylation sites is 2. The van der Waals surface area contributed by atoms with Gasteiger partial charge in [-0.15, -0.1) is 0 Å². The van der Waals surface area contributed by atoms with Crippen LogP contribution in [0.2, 0.25) is 0 Å². The molecule has 4 nitrogen and oxygen atoms in total. The first-order valence-corrected chi connectivity index (χ1v) is 7.75. The van der Waals surface area contributed by atoms with E-state index in [-0.39, 0.29) is 12.1 Å². The number of fused-ring (bicyclic) bond motifs is 1. The fourth-order valence-electron chi connectivity index (χ4n) is 2.85. The second-order valence-corrected chi connectivity index (χ2v) is 5.32. The van der Waals surface area contributed by atoms with E-state index in [0.29, 0.717) is 18.7 Å². The van der Waals surface area contributed by atoms with Crippen LogP contribution < -0.4 is 10.1 Å². The normalized spacial score (nSPS) is 16.5. The van der Waals surface area contributed by atoms with Crippen molar-refractivity contribution in [3.05, 3.63) is 72.3 Å². The minimum atomic E-state index is -0.247. The molecule has 0 saturated carbocycles. The van der Waals surface area contributed by atoms with E-state index < -0.39 is 0 Å². The minimum absolute atomic E-state index is 0.0328. The van der Waals surface area contributed by atoms with Gasteiger partial charge in [0.25, 0.3) is 5.91 Å². The van der Waals surface area contributed by atoms with Gasteiger partial charge in [0.2, 0.25) is 0 Å². The van der Waals surface area contributed by atoms with E-state index in [0.717, 1.165) is 17.0 Å². The van der Waals surface area contributed by atoms with E-state index in [1.165, 1.54) is 0 Å². The summed E-state index contributed by atoms with van der Waals surface area (Å²) in [6, 6.07) is 15.4. The molecule has 1 unspecified atom stereocenters. The Bertz CT molecular complexity index is 727. The lowest BCUT2D eigenvalue weighted by Crippen LogP contribution is -2.42. The Morgan fingerprint density at radius 2 is 1.96 bits per heavy atom. The van der Waals surface area contributed by atoms with Crippen molar-refractivity contribution < 1.29 is 9.53 Å². The summed E-state index contributed by atoms with van der Waals surface area (Å²) in [5.41, 5.74) is 2.50. The molecule has 0 fully saturated rings. The quantitative estimate of drug-likeness (QED) is 0.853. The molecule has 0 aromatic heterocycles. The molecule has 0 radical (unpaired) electrons. The van der Waals surface area contributed by atoms with Gasteiger partial charge in [-0.05, 0) is 25.1 Å². The van der Waals surface area contributed by atoms with Crippen LogP contribution in [-0.2, 0) is 0 Å². The summed E-state index contributed by atoms with van der Waals surface area (Å²) in [6.45, 7) is 6.71. The highest BCUT2D eigenvalue weighted by Crippen LogP contribution is 2.36. The Hall–Kier alpha value is -2.75. The van der Waals surface area contributed by atoms with E-state index >= 15 is 0 Å². The number of amides is 1. The molecular formula is C19H20N2O2. The highest BCUT2D eigenvalue weighted by atomic mass is 16.5. The van der Waals surface area contributed by atoms with Crippen molar-refractivity contribution in [2.24, 2.45) is 0 Å². The van der Waals surface area contributed by atoms with Crippen LogP contribution in [-0.4, -0.2) is 24.0 Å². The predicted molar refractivity (Wildman–Crippen MR) is 91.7 cm³/mol. The molecule has 1 N–H and O–H groups in total. The van der Waals surface area contributed by atoms with Crippen LogP contribution in [0.15, 0.2) is 61.2 Å². The van der Waals surface area contributed by atoms with Crippen LogP contribution in [0.1, 0.15) is 29.0 Å². The van der Waals surface area contributed by atoms with Crippen LogP contribution in [0, 0.1) is 0 Å². The lowest BCUT2D eigenvalue weighted by molar-refractivity contribution is 0.0693. The molecule has 0 saturated heterocycles. The van der Waals surface area contributed by atoms with E-state index in [4.69, 9.17) is 4.74 Å². The van der Waals surface area contributed by atoms with Crippen LogP contribution in [0.4, 0.5) is 5.69 Å². The number of carbonyl (C=O) groups excluding carboxylic acids is 1. The number of rotatable bonds is 5. The molecule has 3 rings (SSSR count). The number of hydrogen-bond donors (Lipinski definition) is 1. The summed E-state index contributed by atoms with van der Waals surface area (Å²) in [5.74, 6) is 0.793. The second-order valence-electron chi connectivity index (χ2n) is 5.32. The monoisotopic (exact) mass is 308 g/mol. The van der Waals surface area contributed by atoms with Gasteiger partial charge in [0.15, 0.2) is 0 Å². The van der Waals surface area contributed by atoms with Crippen molar-refractivity contribution in [2.75, 3.05) is 18.5 Å². The zero-order chi connectivity index (χ0) is 16.2. The van der Waals surface area contributed by atoms with E-state index in [1.807, 2.05) is 60.4 Å². The van der Waals surface area contributed by atoms with Gasteiger partial charge < -0.3 is 15.0 Å². The molecular weight excluding hydrogens is 288 g/mol. The summed E-state index contributed by atoms with van der Waals surface area (Å²) in [6.07, 6.45) is 1.46. The SMILES string of the molecule is C=CCOc1ccccc1C1Nc2ccccc2C(=O)N1CC. The number of anilines is 1. The lowest BCUT2D eigenvalue weighted by atomic mass is 10.0.